The second kappa shape index (κ2) is 4.16. The van der Waals surface area contributed by atoms with Crippen molar-refractivity contribution in [2.75, 3.05) is 7.11 Å². The Hall–Kier alpha value is -1.51. The molecule has 1 aliphatic carbocycles. The highest BCUT2D eigenvalue weighted by molar-refractivity contribution is 5.71. The Kier molecular flexibility index (Phi) is 2.86. The predicted octanol–water partition coefficient (Wildman–Crippen LogP) is 2.19. The Morgan fingerprint density at radius 2 is 2.19 bits per heavy atom. The first-order valence-corrected chi connectivity index (χ1v) is 5.51. The average Bonchev–Trinajstić information content (AvgIpc) is 2.29. The lowest BCUT2D eigenvalue weighted by molar-refractivity contribution is -0.142. The molecule has 0 saturated heterocycles. The van der Waals surface area contributed by atoms with Gasteiger partial charge in [0.1, 0.15) is 5.75 Å². The number of hydrogen-bond donors (Lipinski definition) is 1. The maximum atomic E-state index is 11.0. The lowest BCUT2D eigenvalue weighted by Gasteiger charge is -2.24. The summed E-state index contributed by atoms with van der Waals surface area (Å²) in [6.45, 7) is 2.07. The fourth-order valence-electron chi connectivity index (χ4n) is 2.43. The number of hydrogen-bond acceptors (Lipinski definition) is 2. The molecule has 1 aliphatic rings. The van der Waals surface area contributed by atoms with E-state index in [0.29, 0.717) is 6.42 Å². The Morgan fingerprint density at radius 3 is 2.81 bits per heavy atom. The van der Waals surface area contributed by atoms with Gasteiger partial charge in [0.25, 0.3) is 0 Å². The van der Waals surface area contributed by atoms with Gasteiger partial charge in [-0.25, -0.2) is 0 Å². The summed E-state index contributed by atoms with van der Waals surface area (Å²) in [7, 11) is 1.63. The molecular weight excluding hydrogens is 204 g/mol. The molecule has 0 radical (unpaired) electrons. The third-order valence-corrected chi connectivity index (χ3v) is 3.38. The topological polar surface area (TPSA) is 46.5 Å². The first-order valence-electron chi connectivity index (χ1n) is 5.51. The zero-order valence-corrected chi connectivity index (χ0v) is 9.62. The molecule has 1 aromatic carbocycles. The van der Waals surface area contributed by atoms with Gasteiger partial charge in [-0.1, -0.05) is 6.07 Å². The summed E-state index contributed by atoms with van der Waals surface area (Å²) in [6, 6.07) is 3.97. The molecule has 3 heteroatoms. The minimum absolute atomic E-state index is 0.261. The maximum absolute atomic E-state index is 11.0. The lowest BCUT2D eigenvalue weighted by atomic mass is 9.81. The van der Waals surface area contributed by atoms with Gasteiger partial charge in [0.2, 0.25) is 0 Å². The van der Waals surface area contributed by atoms with Crippen molar-refractivity contribution in [1.29, 1.82) is 0 Å². The smallest absolute Gasteiger partial charge is 0.306 e. The van der Waals surface area contributed by atoms with Gasteiger partial charge in [0.05, 0.1) is 13.0 Å². The van der Waals surface area contributed by atoms with E-state index in [1.54, 1.807) is 7.11 Å². The first kappa shape index (κ1) is 11.0. The standard InChI is InChI=1S/C13H16O3/c1-8-3-6-12(16-2)11-7-9(13(14)15)4-5-10(8)11/h3,6,9H,4-5,7H2,1-2H3,(H,14,15). The number of carboxylic acids is 1. The minimum atomic E-state index is -0.700. The summed E-state index contributed by atoms with van der Waals surface area (Å²) in [5, 5.41) is 9.06. The Balaban J connectivity index is 2.42. The summed E-state index contributed by atoms with van der Waals surface area (Å²) < 4.78 is 5.30. The molecule has 1 unspecified atom stereocenters. The van der Waals surface area contributed by atoms with Gasteiger partial charge in [-0.15, -0.1) is 0 Å². The number of fused-ring (bicyclic) bond motifs is 1. The van der Waals surface area contributed by atoms with Crippen LogP contribution >= 0.6 is 0 Å². The van der Waals surface area contributed by atoms with Crippen LogP contribution in [-0.4, -0.2) is 18.2 Å². The van der Waals surface area contributed by atoms with Crippen molar-refractivity contribution in [2.24, 2.45) is 5.92 Å². The zero-order chi connectivity index (χ0) is 11.7. The fraction of sp³-hybridized carbons (Fsp3) is 0.462. The predicted molar refractivity (Wildman–Crippen MR) is 60.9 cm³/mol. The molecule has 1 N–H and O–H groups in total. The van der Waals surface area contributed by atoms with Crippen LogP contribution in [0, 0.1) is 12.8 Å². The SMILES string of the molecule is COc1ccc(C)c2c1CC(C(=O)O)CC2. The Morgan fingerprint density at radius 1 is 1.44 bits per heavy atom. The molecule has 0 amide bonds. The van der Waals surface area contributed by atoms with Crippen molar-refractivity contribution in [3.8, 4) is 5.75 Å². The molecule has 16 heavy (non-hydrogen) atoms. The van der Waals surface area contributed by atoms with E-state index < -0.39 is 5.97 Å². The number of benzene rings is 1. The van der Waals surface area contributed by atoms with E-state index in [-0.39, 0.29) is 5.92 Å². The molecule has 86 valence electrons. The molecular formula is C13H16O3. The van der Waals surface area contributed by atoms with Crippen molar-refractivity contribution >= 4 is 5.97 Å². The van der Waals surface area contributed by atoms with E-state index in [9.17, 15) is 4.79 Å². The van der Waals surface area contributed by atoms with Crippen LogP contribution in [0.2, 0.25) is 0 Å². The number of aryl methyl sites for hydroxylation is 1. The van der Waals surface area contributed by atoms with Crippen LogP contribution in [0.25, 0.3) is 0 Å². The zero-order valence-electron chi connectivity index (χ0n) is 9.62. The maximum Gasteiger partial charge on any atom is 0.306 e. The summed E-state index contributed by atoms with van der Waals surface area (Å²) in [5.74, 6) is -0.135. The van der Waals surface area contributed by atoms with Gasteiger partial charge in [-0.2, -0.15) is 0 Å². The summed E-state index contributed by atoms with van der Waals surface area (Å²) in [5.41, 5.74) is 3.60. The van der Waals surface area contributed by atoms with E-state index in [1.807, 2.05) is 12.1 Å². The van der Waals surface area contributed by atoms with Crippen molar-refractivity contribution < 1.29 is 14.6 Å². The monoisotopic (exact) mass is 220 g/mol. The molecule has 0 fully saturated rings. The second-order valence-electron chi connectivity index (χ2n) is 4.32. The van der Waals surface area contributed by atoms with Crippen LogP contribution in [0.3, 0.4) is 0 Å². The molecule has 3 nitrogen and oxygen atoms in total. The molecule has 0 bridgehead atoms. The van der Waals surface area contributed by atoms with Gasteiger partial charge < -0.3 is 9.84 Å². The Labute approximate surface area is 95.0 Å². The third-order valence-electron chi connectivity index (χ3n) is 3.38. The van der Waals surface area contributed by atoms with Crippen LogP contribution in [0.15, 0.2) is 12.1 Å². The van der Waals surface area contributed by atoms with E-state index in [1.165, 1.54) is 11.1 Å². The van der Waals surface area contributed by atoms with Crippen molar-refractivity contribution in [1.82, 2.24) is 0 Å². The number of carboxylic acid groups (broad SMARTS) is 1. The third kappa shape index (κ3) is 1.77. The largest absolute Gasteiger partial charge is 0.496 e. The normalized spacial score (nSPS) is 19.0. The van der Waals surface area contributed by atoms with Crippen LogP contribution in [-0.2, 0) is 17.6 Å². The van der Waals surface area contributed by atoms with Crippen LogP contribution in [0.4, 0.5) is 0 Å². The van der Waals surface area contributed by atoms with Gasteiger partial charge in [0, 0.05) is 0 Å². The van der Waals surface area contributed by atoms with Crippen molar-refractivity contribution in [3.63, 3.8) is 0 Å². The number of rotatable bonds is 2. The highest BCUT2D eigenvalue weighted by Crippen LogP contribution is 2.34. The number of methoxy groups -OCH3 is 1. The van der Waals surface area contributed by atoms with E-state index in [4.69, 9.17) is 9.84 Å². The number of carbonyl (C=O) groups is 1. The second-order valence-corrected chi connectivity index (χ2v) is 4.32. The fourth-order valence-corrected chi connectivity index (χ4v) is 2.43. The quantitative estimate of drug-likeness (QED) is 0.831. The lowest BCUT2D eigenvalue weighted by Crippen LogP contribution is -2.23. The van der Waals surface area contributed by atoms with Gasteiger partial charge >= 0.3 is 5.97 Å². The molecule has 0 spiro atoms. The van der Waals surface area contributed by atoms with Crippen LogP contribution in [0.1, 0.15) is 23.1 Å². The van der Waals surface area contributed by atoms with Crippen LogP contribution < -0.4 is 4.74 Å². The Bertz CT molecular complexity index is 423. The van der Waals surface area contributed by atoms with Gasteiger partial charge in [-0.3, -0.25) is 4.79 Å². The average molecular weight is 220 g/mol. The highest BCUT2D eigenvalue weighted by atomic mass is 16.5. The molecule has 1 aromatic rings. The minimum Gasteiger partial charge on any atom is -0.496 e. The molecule has 1 atom stereocenters. The molecule has 0 saturated carbocycles. The van der Waals surface area contributed by atoms with E-state index in [0.717, 1.165) is 24.2 Å². The summed E-state index contributed by atoms with van der Waals surface area (Å²) in [4.78, 5) is 11.0. The van der Waals surface area contributed by atoms with Gasteiger partial charge in [-0.05, 0) is 48.9 Å². The molecule has 0 aromatic heterocycles. The number of aliphatic carboxylic acids is 1. The van der Waals surface area contributed by atoms with Crippen molar-refractivity contribution in [3.05, 3.63) is 28.8 Å². The molecule has 0 heterocycles. The van der Waals surface area contributed by atoms with Gasteiger partial charge in [0.15, 0.2) is 0 Å². The van der Waals surface area contributed by atoms with Crippen molar-refractivity contribution in [2.45, 2.75) is 26.2 Å². The summed E-state index contributed by atoms with van der Waals surface area (Å²) in [6.07, 6.45) is 2.17. The highest BCUT2D eigenvalue weighted by Gasteiger charge is 2.27. The van der Waals surface area contributed by atoms with Crippen LogP contribution in [0.5, 0.6) is 5.75 Å². The van der Waals surface area contributed by atoms with E-state index in [2.05, 4.69) is 6.92 Å². The van der Waals surface area contributed by atoms with E-state index >= 15 is 0 Å². The molecule has 2 rings (SSSR count). The molecule has 0 aliphatic heterocycles. The number of ether oxygens (including phenoxy) is 1. The summed E-state index contributed by atoms with van der Waals surface area (Å²) >= 11 is 0. The first-order chi connectivity index (χ1) is 7.63.